The average Bonchev–Trinajstić information content (AvgIpc) is 2.95. The number of fused-ring (bicyclic) bond motifs is 1. The van der Waals surface area contributed by atoms with Crippen LogP contribution in [0.3, 0.4) is 0 Å². The highest BCUT2D eigenvalue weighted by atomic mass is 32.2. The Morgan fingerprint density at radius 1 is 1.25 bits per heavy atom. The second kappa shape index (κ2) is 5.11. The molecule has 0 spiro atoms. The maximum atomic E-state index is 12.5. The molecule has 1 fully saturated rings. The molecule has 0 radical (unpaired) electrons. The summed E-state index contributed by atoms with van der Waals surface area (Å²) in [6.07, 6.45) is 0. The molecule has 20 heavy (non-hydrogen) atoms. The van der Waals surface area contributed by atoms with E-state index in [0.717, 1.165) is 24.2 Å². The van der Waals surface area contributed by atoms with Crippen LogP contribution < -0.4 is 4.72 Å². The molecule has 1 N–H and O–H groups in total. The minimum absolute atomic E-state index is 0.0190. The smallest absolute Gasteiger partial charge is 0.240 e. The van der Waals surface area contributed by atoms with Crippen molar-refractivity contribution in [2.75, 3.05) is 20.1 Å². The van der Waals surface area contributed by atoms with E-state index < -0.39 is 10.0 Å². The zero-order valence-corrected chi connectivity index (χ0v) is 12.6. The van der Waals surface area contributed by atoms with Crippen LogP contribution >= 0.6 is 0 Å². The number of rotatable bonds is 3. The van der Waals surface area contributed by atoms with Gasteiger partial charge in [0.05, 0.1) is 18.1 Å². The SMILES string of the molecule is C[C@H]1CN(C)C[C@H]1NS(=O)(=O)c1ccc2c(c1)COC2. The Labute approximate surface area is 120 Å². The van der Waals surface area contributed by atoms with Crippen molar-refractivity contribution in [1.29, 1.82) is 0 Å². The van der Waals surface area contributed by atoms with E-state index in [1.165, 1.54) is 0 Å². The Morgan fingerprint density at radius 3 is 2.70 bits per heavy atom. The van der Waals surface area contributed by atoms with Crippen molar-refractivity contribution in [1.82, 2.24) is 9.62 Å². The van der Waals surface area contributed by atoms with E-state index in [-0.39, 0.29) is 6.04 Å². The molecular formula is C14H20N2O3S. The summed E-state index contributed by atoms with van der Waals surface area (Å²) in [6, 6.07) is 5.23. The first kappa shape index (κ1) is 14.0. The van der Waals surface area contributed by atoms with Crippen LogP contribution in [0.5, 0.6) is 0 Å². The molecule has 0 unspecified atom stereocenters. The molecule has 2 heterocycles. The molecule has 0 amide bonds. The Morgan fingerprint density at radius 2 is 2.00 bits per heavy atom. The molecule has 2 aliphatic rings. The molecule has 2 aliphatic heterocycles. The lowest BCUT2D eigenvalue weighted by molar-refractivity contribution is 0.134. The van der Waals surface area contributed by atoms with Gasteiger partial charge in [-0.1, -0.05) is 13.0 Å². The fraction of sp³-hybridized carbons (Fsp3) is 0.571. The van der Waals surface area contributed by atoms with Crippen LogP contribution in [0.4, 0.5) is 0 Å². The molecule has 1 aromatic rings. The zero-order valence-electron chi connectivity index (χ0n) is 11.8. The van der Waals surface area contributed by atoms with Crippen LogP contribution in [-0.2, 0) is 28.0 Å². The van der Waals surface area contributed by atoms with Crippen LogP contribution in [-0.4, -0.2) is 39.5 Å². The fourth-order valence-corrected chi connectivity index (χ4v) is 4.33. The molecular weight excluding hydrogens is 276 g/mol. The van der Waals surface area contributed by atoms with Crippen LogP contribution in [0.15, 0.2) is 23.1 Å². The lowest BCUT2D eigenvalue weighted by Crippen LogP contribution is -2.39. The molecule has 0 saturated carbocycles. The summed E-state index contributed by atoms with van der Waals surface area (Å²) in [5, 5.41) is 0. The molecule has 1 saturated heterocycles. The number of sulfonamides is 1. The Hall–Kier alpha value is -0.950. The first-order chi connectivity index (χ1) is 9.45. The second-order valence-corrected chi connectivity index (χ2v) is 7.56. The molecule has 110 valence electrons. The summed E-state index contributed by atoms with van der Waals surface area (Å²) in [5.74, 6) is 0.326. The van der Waals surface area contributed by atoms with Gasteiger partial charge in [0.25, 0.3) is 0 Å². The number of likely N-dealkylation sites (N-methyl/N-ethyl adjacent to an activating group) is 1. The lowest BCUT2D eigenvalue weighted by Gasteiger charge is -2.17. The van der Waals surface area contributed by atoms with Crippen molar-refractivity contribution in [2.45, 2.75) is 31.1 Å². The standard InChI is InChI=1S/C14H20N2O3S/c1-10-6-16(2)7-14(10)15-20(17,18)13-4-3-11-8-19-9-12(11)5-13/h3-5,10,14-15H,6-9H2,1-2H3/t10-,14+/m0/s1. The van der Waals surface area contributed by atoms with E-state index in [1.54, 1.807) is 12.1 Å². The van der Waals surface area contributed by atoms with Gasteiger partial charge >= 0.3 is 0 Å². The first-order valence-corrected chi connectivity index (χ1v) is 8.34. The van der Waals surface area contributed by atoms with Crippen LogP contribution in [0.1, 0.15) is 18.1 Å². The van der Waals surface area contributed by atoms with Gasteiger partial charge in [-0.15, -0.1) is 0 Å². The third-order valence-electron chi connectivity index (χ3n) is 4.10. The van der Waals surface area contributed by atoms with Crippen molar-refractivity contribution in [3.63, 3.8) is 0 Å². The van der Waals surface area contributed by atoms with Crippen molar-refractivity contribution in [3.05, 3.63) is 29.3 Å². The largest absolute Gasteiger partial charge is 0.372 e. The van der Waals surface area contributed by atoms with Crippen molar-refractivity contribution in [2.24, 2.45) is 5.92 Å². The van der Waals surface area contributed by atoms with Crippen LogP contribution in [0.25, 0.3) is 0 Å². The molecule has 0 bridgehead atoms. The molecule has 3 rings (SSSR count). The zero-order chi connectivity index (χ0) is 14.3. The molecule has 5 nitrogen and oxygen atoms in total. The van der Waals surface area contributed by atoms with Gasteiger partial charge in [-0.05, 0) is 36.2 Å². The monoisotopic (exact) mass is 296 g/mol. The predicted molar refractivity (Wildman–Crippen MR) is 75.7 cm³/mol. The summed E-state index contributed by atoms with van der Waals surface area (Å²) in [5.41, 5.74) is 2.06. The van der Waals surface area contributed by atoms with Crippen molar-refractivity contribution >= 4 is 10.0 Å². The maximum Gasteiger partial charge on any atom is 0.240 e. The van der Waals surface area contributed by atoms with E-state index in [0.29, 0.717) is 24.0 Å². The normalized spacial score (nSPS) is 26.9. The highest BCUT2D eigenvalue weighted by molar-refractivity contribution is 7.89. The molecule has 2 atom stereocenters. The Balaban J connectivity index is 1.81. The van der Waals surface area contributed by atoms with Gasteiger partial charge in [-0.3, -0.25) is 0 Å². The van der Waals surface area contributed by atoms with E-state index in [9.17, 15) is 8.42 Å². The summed E-state index contributed by atoms with van der Waals surface area (Å²) in [4.78, 5) is 2.48. The third-order valence-corrected chi connectivity index (χ3v) is 5.59. The summed E-state index contributed by atoms with van der Waals surface area (Å²) in [6.45, 7) is 4.84. The average molecular weight is 296 g/mol. The van der Waals surface area contributed by atoms with Crippen LogP contribution in [0, 0.1) is 5.92 Å². The molecule has 0 aliphatic carbocycles. The minimum Gasteiger partial charge on any atom is -0.372 e. The van der Waals surface area contributed by atoms with E-state index in [4.69, 9.17) is 4.74 Å². The number of nitrogens with zero attached hydrogens (tertiary/aromatic N) is 1. The maximum absolute atomic E-state index is 12.5. The number of likely N-dealkylation sites (tertiary alicyclic amines) is 1. The summed E-state index contributed by atoms with van der Waals surface area (Å²) >= 11 is 0. The minimum atomic E-state index is -3.45. The van der Waals surface area contributed by atoms with Gasteiger partial charge in [-0.25, -0.2) is 13.1 Å². The van der Waals surface area contributed by atoms with E-state index in [1.807, 2.05) is 13.1 Å². The van der Waals surface area contributed by atoms with Gasteiger partial charge in [0, 0.05) is 19.1 Å². The highest BCUT2D eigenvalue weighted by Gasteiger charge is 2.31. The number of hydrogen-bond donors (Lipinski definition) is 1. The van der Waals surface area contributed by atoms with E-state index in [2.05, 4.69) is 16.5 Å². The van der Waals surface area contributed by atoms with Gasteiger partial charge in [0.2, 0.25) is 10.0 Å². The Kier molecular flexibility index (Phi) is 3.58. The fourth-order valence-electron chi connectivity index (χ4n) is 2.95. The number of hydrogen-bond acceptors (Lipinski definition) is 4. The lowest BCUT2D eigenvalue weighted by atomic mass is 10.1. The molecule has 0 aromatic heterocycles. The summed E-state index contributed by atoms with van der Waals surface area (Å²) < 4.78 is 33.1. The predicted octanol–water partition coefficient (Wildman–Crippen LogP) is 0.945. The highest BCUT2D eigenvalue weighted by Crippen LogP contribution is 2.24. The van der Waals surface area contributed by atoms with Gasteiger partial charge in [0.1, 0.15) is 0 Å². The summed E-state index contributed by atoms with van der Waals surface area (Å²) in [7, 11) is -1.44. The van der Waals surface area contributed by atoms with Crippen molar-refractivity contribution in [3.8, 4) is 0 Å². The van der Waals surface area contributed by atoms with Crippen molar-refractivity contribution < 1.29 is 13.2 Å². The van der Waals surface area contributed by atoms with Gasteiger partial charge in [0.15, 0.2) is 0 Å². The quantitative estimate of drug-likeness (QED) is 0.902. The number of benzene rings is 1. The first-order valence-electron chi connectivity index (χ1n) is 6.86. The van der Waals surface area contributed by atoms with Crippen LogP contribution in [0.2, 0.25) is 0 Å². The Bertz CT molecular complexity index is 615. The third kappa shape index (κ3) is 2.61. The second-order valence-electron chi connectivity index (χ2n) is 5.85. The number of ether oxygens (including phenoxy) is 1. The number of nitrogens with one attached hydrogen (secondary N) is 1. The van der Waals surface area contributed by atoms with Gasteiger partial charge < -0.3 is 9.64 Å². The van der Waals surface area contributed by atoms with Gasteiger partial charge in [-0.2, -0.15) is 0 Å². The molecule has 1 aromatic carbocycles. The topological polar surface area (TPSA) is 58.6 Å². The van der Waals surface area contributed by atoms with E-state index >= 15 is 0 Å². The molecule has 6 heteroatoms.